The molecule has 0 spiro atoms. The molecule has 0 aromatic heterocycles. The number of benzene rings is 2. The number of urea groups is 1. The van der Waals surface area contributed by atoms with Gasteiger partial charge in [0.15, 0.2) is 0 Å². The molecule has 0 bridgehead atoms. The molecule has 0 radical (unpaired) electrons. The number of nitrogens with zero attached hydrogens (tertiary/aromatic N) is 2. The summed E-state index contributed by atoms with van der Waals surface area (Å²) >= 11 is 5.95. The maximum Gasteiger partial charge on any atom is 0.317 e. The molecule has 3 N–H and O–H groups in total. The molecule has 0 unspecified atom stereocenters. The standard InChI is InChI=1S/C35H51ClN4O7S/c1-24-21-40(25(2)23-41)34(42)31-20-29(38-48(44,45)30-16-13-27(36)14-17-30)15-18-32(31)47-26(3)10-8-9-19-46-33(24)22-39(4)35(43)37-28-11-6-5-7-12-28/h13-18,20,24-26,28,33,38,41H,5-12,19,21-23H2,1-4H3,(H,37,43)/t24-,25+,26+,33-/m1/s1. The van der Waals surface area contributed by atoms with Crippen LogP contribution in [0.3, 0.4) is 0 Å². The lowest BCUT2D eigenvalue weighted by atomic mass is 9.96. The minimum absolute atomic E-state index is 0.0240. The Kier molecular flexibility index (Phi) is 13.8. The van der Waals surface area contributed by atoms with E-state index >= 15 is 0 Å². The number of halogens is 1. The van der Waals surface area contributed by atoms with Crippen LogP contribution in [0.4, 0.5) is 10.5 Å². The average molecular weight is 707 g/mol. The molecule has 13 heteroatoms. The van der Waals surface area contributed by atoms with Gasteiger partial charge in [-0.25, -0.2) is 13.2 Å². The zero-order valence-corrected chi connectivity index (χ0v) is 30.1. The molecule has 4 rings (SSSR count). The lowest BCUT2D eigenvalue weighted by molar-refractivity contribution is -0.0123. The fraction of sp³-hybridized carbons (Fsp3) is 0.600. The summed E-state index contributed by atoms with van der Waals surface area (Å²) in [5.41, 5.74) is 0.357. The molecule has 3 amide bonds. The number of hydrogen-bond donors (Lipinski definition) is 3. The SMILES string of the molecule is C[C@@H]1CN([C@@H](C)CO)C(=O)c2cc(NS(=O)(=O)c3ccc(Cl)cc3)ccc2O[C@@H](C)CCCCO[C@@H]1CN(C)C(=O)NC1CCCCC1. The summed E-state index contributed by atoms with van der Waals surface area (Å²) in [5, 5.41) is 13.8. The molecule has 11 nitrogen and oxygen atoms in total. The summed E-state index contributed by atoms with van der Waals surface area (Å²) in [4.78, 5) is 30.7. The van der Waals surface area contributed by atoms with Crippen molar-refractivity contribution in [1.82, 2.24) is 15.1 Å². The van der Waals surface area contributed by atoms with E-state index in [1.54, 1.807) is 35.9 Å². The van der Waals surface area contributed by atoms with Gasteiger partial charge in [0.1, 0.15) is 5.75 Å². The smallest absolute Gasteiger partial charge is 0.317 e. The monoisotopic (exact) mass is 706 g/mol. The van der Waals surface area contributed by atoms with E-state index in [1.165, 1.54) is 36.8 Å². The molecule has 2 aromatic rings. The van der Waals surface area contributed by atoms with Crippen LogP contribution in [0.25, 0.3) is 0 Å². The quantitative estimate of drug-likeness (QED) is 0.310. The molecule has 1 heterocycles. The van der Waals surface area contributed by atoms with Gasteiger partial charge in [-0.05, 0) is 88.4 Å². The van der Waals surface area contributed by atoms with Crippen LogP contribution in [-0.2, 0) is 14.8 Å². The number of nitrogens with one attached hydrogen (secondary N) is 2. The Morgan fingerprint density at radius 3 is 2.44 bits per heavy atom. The Bertz CT molecular complexity index is 1470. The third-order valence-corrected chi connectivity index (χ3v) is 10.8. The van der Waals surface area contributed by atoms with Crippen LogP contribution >= 0.6 is 11.6 Å². The van der Waals surface area contributed by atoms with E-state index < -0.39 is 22.0 Å². The topological polar surface area (TPSA) is 138 Å². The van der Waals surface area contributed by atoms with E-state index in [0.29, 0.717) is 30.3 Å². The van der Waals surface area contributed by atoms with E-state index in [0.717, 1.165) is 38.5 Å². The van der Waals surface area contributed by atoms with Crippen LogP contribution in [0.2, 0.25) is 5.02 Å². The summed E-state index contributed by atoms with van der Waals surface area (Å²) < 4.78 is 41.6. The van der Waals surface area contributed by atoms with Gasteiger partial charge in [0.25, 0.3) is 15.9 Å². The van der Waals surface area contributed by atoms with Gasteiger partial charge < -0.3 is 29.7 Å². The number of carbonyl (C=O) groups is 2. The number of fused-ring (bicyclic) bond motifs is 1. The second-order valence-corrected chi connectivity index (χ2v) is 15.4. The molecule has 1 saturated carbocycles. The van der Waals surface area contributed by atoms with Gasteiger partial charge >= 0.3 is 6.03 Å². The van der Waals surface area contributed by atoms with Gasteiger partial charge in [-0.3, -0.25) is 9.52 Å². The van der Waals surface area contributed by atoms with Crippen molar-refractivity contribution >= 4 is 39.2 Å². The van der Waals surface area contributed by atoms with Crippen molar-refractivity contribution in [3.63, 3.8) is 0 Å². The fourth-order valence-electron chi connectivity index (χ4n) is 6.16. The molecule has 1 aliphatic heterocycles. The molecule has 266 valence electrons. The minimum Gasteiger partial charge on any atom is -0.490 e. The highest BCUT2D eigenvalue weighted by Crippen LogP contribution is 2.30. The summed E-state index contributed by atoms with van der Waals surface area (Å²) in [5.74, 6) is -0.309. The van der Waals surface area contributed by atoms with Gasteiger partial charge in [-0.2, -0.15) is 0 Å². The Morgan fingerprint density at radius 2 is 1.75 bits per heavy atom. The molecule has 2 aliphatic rings. The fourth-order valence-corrected chi connectivity index (χ4v) is 7.34. The highest BCUT2D eigenvalue weighted by Gasteiger charge is 2.31. The third kappa shape index (κ3) is 10.5. The molecule has 1 aliphatic carbocycles. The zero-order chi connectivity index (χ0) is 34.8. The second-order valence-electron chi connectivity index (χ2n) is 13.2. The lowest BCUT2D eigenvalue weighted by Gasteiger charge is -2.36. The van der Waals surface area contributed by atoms with Crippen LogP contribution in [0.5, 0.6) is 5.75 Å². The number of aliphatic hydroxyl groups is 1. The van der Waals surface area contributed by atoms with Crippen molar-refractivity contribution in [2.24, 2.45) is 5.92 Å². The summed E-state index contributed by atoms with van der Waals surface area (Å²) in [6, 6.07) is 9.91. The number of carbonyl (C=O) groups excluding carboxylic acids is 2. The minimum atomic E-state index is -3.98. The third-order valence-electron chi connectivity index (χ3n) is 9.16. The van der Waals surface area contributed by atoms with E-state index in [9.17, 15) is 23.1 Å². The second kappa shape index (κ2) is 17.6. The van der Waals surface area contributed by atoms with Gasteiger partial charge in [0.05, 0.1) is 35.3 Å². The summed E-state index contributed by atoms with van der Waals surface area (Å²) in [6.07, 6.45) is 7.14. The average Bonchev–Trinajstić information content (AvgIpc) is 3.06. The number of sulfonamides is 1. The first-order valence-corrected chi connectivity index (χ1v) is 18.9. The van der Waals surface area contributed by atoms with E-state index in [4.69, 9.17) is 21.1 Å². The van der Waals surface area contributed by atoms with Crippen molar-refractivity contribution in [1.29, 1.82) is 0 Å². The molecule has 4 atom stereocenters. The summed E-state index contributed by atoms with van der Waals surface area (Å²) in [6.45, 7) is 6.42. The number of aliphatic hydroxyl groups excluding tert-OH is 1. The van der Waals surface area contributed by atoms with Crippen molar-refractivity contribution < 1.29 is 32.6 Å². The van der Waals surface area contributed by atoms with E-state index in [1.807, 2.05) is 13.8 Å². The molecule has 1 fully saturated rings. The Morgan fingerprint density at radius 1 is 1.06 bits per heavy atom. The van der Waals surface area contributed by atoms with Crippen LogP contribution in [0, 0.1) is 5.92 Å². The molecule has 48 heavy (non-hydrogen) atoms. The van der Waals surface area contributed by atoms with Gasteiger partial charge in [-0.1, -0.05) is 37.8 Å². The number of anilines is 1. The Labute approximate surface area is 290 Å². The van der Waals surface area contributed by atoms with Crippen molar-refractivity contribution in [3.8, 4) is 5.75 Å². The predicted molar refractivity (Wildman–Crippen MR) is 187 cm³/mol. The maximum atomic E-state index is 14.4. The van der Waals surface area contributed by atoms with Crippen molar-refractivity contribution in [2.75, 3.05) is 38.1 Å². The first-order valence-electron chi connectivity index (χ1n) is 17.0. The van der Waals surface area contributed by atoms with Crippen molar-refractivity contribution in [3.05, 3.63) is 53.1 Å². The van der Waals surface area contributed by atoms with E-state index in [-0.39, 0.29) is 59.5 Å². The summed E-state index contributed by atoms with van der Waals surface area (Å²) in [7, 11) is -2.22. The van der Waals surface area contributed by atoms with Gasteiger partial charge in [0, 0.05) is 49.4 Å². The van der Waals surface area contributed by atoms with Crippen molar-refractivity contribution in [2.45, 2.75) is 101 Å². The molecule has 0 saturated heterocycles. The normalized spacial score (nSPS) is 22.5. The number of amides is 3. The number of ether oxygens (including phenoxy) is 2. The molecular formula is C35H51ClN4O7S. The predicted octanol–water partition coefficient (Wildman–Crippen LogP) is 5.91. The van der Waals surface area contributed by atoms with Crippen LogP contribution < -0.4 is 14.8 Å². The first-order chi connectivity index (χ1) is 22.9. The van der Waals surface area contributed by atoms with Crippen LogP contribution in [-0.4, -0.2) is 92.9 Å². The number of likely N-dealkylation sites (N-methyl/N-ethyl adjacent to an activating group) is 1. The zero-order valence-electron chi connectivity index (χ0n) is 28.5. The number of hydrogen-bond acceptors (Lipinski definition) is 7. The highest BCUT2D eigenvalue weighted by atomic mass is 35.5. The maximum absolute atomic E-state index is 14.4. The van der Waals surface area contributed by atoms with Crippen LogP contribution in [0.1, 0.15) is 82.5 Å². The lowest BCUT2D eigenvalue weighted by Crippen LogP contribution is -2.50. The Hall–Kier alpha value is -3.06. The highest BCUT2D eigenvalue weighted by molar-refractivity contribution is 7.92. The van der Waals surface area contributed by atoms with Gasteiger partial charge in [0.2, 0.25) is 0 Å². The number of rotatable bonds is 8. The van der Waals surface area contributed by atoms with Crippen LogP contribution in [0.15, 0.2) is 47.4 Å². The first kappa shape index (κ1) is 37.8. The van der Waals surface area contributed by atoms with Gasteiger partial charge in [-0.15, -0.1) is 0 Å². The molecular weight excluding hydrogens is 656 g/mol. The Balaban J connectivity index is 1.61. The van der Waals surface area contributed by atoms with E-state index in [2.05, 4.69) is 10.0 Å². The molecule has 2 aromatic carbocycles. The largest absolute Gasteiger partial charge is 0.490 e.